The summed E-state index contributed by atoms with van der Waals surface area (Å²) >= 11 is 1.77. The first kappa shape index (κ1) is 13.3. The standard InChI is InChI=1S/C16H21NS/c1-5-13-6-7-18-16(13)15(17)14-9-11(3)10(2)8-12(14)4/h6-9,15H,5,17H2,1-4H3. The van der Waals surface area contributed by atoms with Crippen LogP contribution in [0.3, 0.4) is 0 Å². The summed E-state index contributed by atoms with van der Waals surface area (Å²) in [6, 6.07) is 6.69. The lowest BCUT2D eigenvalue weighted by Crippen LogP contribution is -2.14. The molecule has 18 heavy (non-hydrogen) atoms. The van der Waals surface area contributed by atoms with Crippen LogP contribution < -0.4 is 5.73 Å². The molecule has 1 aromatic heterocycles. The van der Waals surface area contributed by atoms with E-state index >= 15 is 0 Å². The Hall–Kier alpha value is -1.12. The van der Waals surface area contributed by atoms with Gasteiger partial charge in [0, 0.05) is 4.88 Å². The molecule has 0 aliphatic carbocycles. The normalized spacial score (nSPS) is 12.7. The van der Waals surface area contributed by atoms with Crippen molar-refractivity contribution in [2.45, 2.75) is 40.2 Å². The van der Waals surface area contributed by atoms with Gasteiger partial charge in [-0.05, 0) is 66.5 Å². The zero-order valence-corrected chi connectivity index (χ0v) is 12.4. The van der Waals surface area contributed by atoms with Gasteiger partial charge in [0.15, 0.2) is 0 Å². The van der Waals surface area contributed by atoms with E-state index in [0.29, 0.717) is 0 Å². The van der Waals surface area contributed by atoms with Crippen molar-refractivity contribution in [1.29, 1.82) is 0 Å². The second kappa shape index (κ2) is 5.25. The fourth-order valence-electron chi connectivity index (χ4n) is 2.37. The minimum absolute atomic E-state index is 0.0132. The fraction of sp³-hybridized carbons (Fsp3) is 0.375. The molecule has 2 aromatic rings. The van der Waals surface area contributed by atoms with E-state index in [-0.39, 0.29) is 6.04 Å². The number of thiophene rings is 1. The Morgan fingerprint density at radius 3 is 2.44 bits per heavy atom. The van der Waals surface area contributed by atoms with Gasteiger partial charge < -0.3 is 5.73 Å². The molecule has 2 rings (SSSR count). The highest BCUT2D eigenvalue weighted by molar-refractivity contribution is 7.10. The van der Waals surface area contributed by atoms with Crippen LogP contribution in [0, 0.1) is 20.8 Å². The molecule has 0 spiro atoms. The number of rotatable bonds is 3. The first-order valence-electron chi connectivity index (χ1n) is 6.44. The molecule has 0 aliphatic heterocycles. The Labute approximate surface area is 114 Å². The zero-order chi connectivity index (χ0) is 13.3. The van der Waals surface area contributed by atoms with E-state index in [0.717, 1.165) is 6.42 Å². The molecule has 96 valence electrons. The first-order valence-corrected chi connectivity index (χ1v) is 7.32. The van der Waals surface area contributed by atoms with Gasteiger partial charge in [0.1, 0.15) is 0 Å². The van der Waals surface area contributed by atoms with Crippen molar-refractivity contribution < 1.29 is 0 Å². The molecule has 0 aliphatic rings. The van der Waals surface area contributed by atoms with E-state index in [9.17, 15) is 0 Å². The van der Waals surface area contributed by atoms with Crippen molar-refractivity contribution in [2.24, 2.45) is 5.73 Å². The third kappa shape index (κ3) is 2.36. The van der Waals surface area contributed by atoms with E-state index in [2.05, 4.69) is 51.3 Å². The second-order valence-electron chi connectivity index (χ2n) is 4.93. The summed E-state index contributed by atoms with van der Waals surface area (Å²) in [4.78, 5) is 1.31. The predicted molar refractivity (Wildman–Crippen MR) is 80.4 cm³/mol. The third-order valence-electron chi connectivity index (χ3n) is 3.66. The SMILES string of the molecule is CCc1ccsc1C(N)c1cc(C)c(C)cc1C. The van der Waals surface area contributed by atoms with Gasteiger partial charge in [-0.15, -0.1) is 11.3 Å². The van der Waals surface area contributed by atoms with Crippen LogP contribution in [0.4, 0.5) is 0 Å². The summed E-state index contributed by atoms with van der Waals surface area (Å²) in [6.07, 6.45) is 1.05. The van der Waals surface area contributed by atoms with Crippen molar-refractivity contribution in [3.63, 3.8) is 0 Å². The van der Waals surface area contributed by atoms with Crippen LogP contribution in [-0.2, 0) is 6.42 Å². The van der Waals surface area contributed by atoms with E-state index in [4.69, 9.17) is 5.73 Å². The highest BCUT2D eigenvalue weighted by atomic mass is 32.1. The second-order valence-corrected chi connectivity index (χ2v) is 5.88. The van der Waals surface area contributed by atoms with Crippen LogP contribution in [0.15, 0.2) is 23.6 Å². The Balaban J connectivity index is 2.46. The molecule has 0 saturated heterocycles. The van der Waals surface area contributed by atoms with Crippen molar-refractivity contribution in [3.05, 3.63) is 56.3 Å². The molecule has 2 heteroatoms. The van der Waals surface area contributed by atoms with Gasteiger partial charge >= 0.3 is 0 Å². The number of benzene rings is 1. The summed E-state index contributed by atoms with van der Waals surface area (Å²) in [5.74, 6) is 0. The lowest BCUT2D eigenvalue weighted by atomic mass is 9.94. The topological polar surface area (TPSA) is 26.0 Å². The predicted octanol–water partition coefficient (Wildman–Crippen LogP) is 4.28. The number of nitrogens with two attached hydrogens (primary N) is 1. The Bertz CT molecular complexity index is 554. The summed E-state index contributed by atoms with van der Waals surface area (Å²) in [5.41, 5.74) is 13.1. The van der Waals surface area contributed by atoms with Crippen LogP contribution >= 0.6 is 11.3 Å². The molecule has 1 nitrogen and oxygen atoms in total. The van der Waals surface area contributed by atoms with Crippen molar-refractivity contribution in [1.82, 2.24) is 0 Å². The van der Waals surface area contributed by atoms with Crippen LogP contribution in [0.25, 0.3) is 0 Å². The van der Waals surface area contributed by atoms with Gasteiger partial charge in [-0.1, -0.05) is 19.1 Å². The number of hydrogen-bond acceptors (Lipinski definition) is 2. The summed E-state index contributed by atoms with van der Waals surface area (Å²) in [5, 5.41) is 2.14. The van der Waals surface area contributed by atoms with E-state index < -0.39 is 0 Å². The smallest absolute Gasteiger partial charge is 0.0651 e. The quantitative estimate of drug-likeness (QED) is 0.874. The minimum Gasteiger partial charge on any atom is -0.320 e. The lowest BCUT2D eigenvalue weighted by Gasteiger charge is -2.17. The highest BCUT2D eigenvalue weighted by Crippen LogP contribution is 2.31. The van der Waals surface area contributed by atoms with Gasteiger partial charge in [-0.3, -0.25) is 0 Å². The maximum absolute atomic E-state index is 6.47. The summed E-state index contributed by atoms with van der Waals surface area (Å²) < 4.78 is 0. The maximum Gasteiger partial charge on any atom is 0.0651 e. The van der Waals surface area contributed by atoms with Crippen molar-refractivity contribution in [3.8, 4) is 0 Å². The molecule has 1 aromatic carbocycles. The Morgan fingerprint density at radius 2 is 1.78 bits per heavy atom. The molecule has 1 atom stereocenters. The van der Waals surface area contributed by atoms with Gasteiger partial charge in [0.2, 0.25) is 0 Å². The highest BCUT2D eigenvalue weighted by Gasteiger charge is 2.16. The molecule has 2 N–H and O–H groups in total. The molecular weight excluding hydrogens is 238 g/mol. The van der Waals surface area contributed by atoms with Crippen molar-refractivity contribution in [2.75, 3.05) is 0 Å². The van der Waals surface area contributed by atoms with E-state index in [1.54, 1.807) is 11.3 Å². The minimum atomic E-state index is 0.0132. The average molecular weight is 259 g/mol. The number of hydrogen-bond donors (Lipinski definition) is 1. The molecule has 0 amide bonds. The van der Waals surface area contributed by atoms with E-state index in [1.165, 1.54) is 32.7 Å². The fourth-order valence-corrected chi connectivity index (χ4v) is 3.39. The van der Waals surface area contributed by atoms with Gasteiger partial charge in [0.25, 0.3) is 0 Å². The molecule has 0 radical (unpaired) electrons. The van der Waals surface area contributed by atoms with E-state index in [1.807, 2.05) is 0 Å². The molecule has 1 heterocycles. The lowest BCUT2D eigenvalue weighted by molar-refractivity contribution is 0.861. The van der Waals surface area contributed by atoms with Crippen LogP contribution in [0.5, 0.6) is 0 Å². The maximum atomic E-state index is 6.47. The number of aryl methyl sites for hydroxylation is 4. The Morgan fingerprint density at radius 1 is 1.11 bits per heavy atom. The molecule has 0 saturated carbocycles. The molecule has 0 fully saturated rings. The zero-order valence-electron chi connectivity index (χ0n) is 11.6. The summed E-state index contributed by atoms with van der Waals surface area (Å²) in [6.45, 7) is 8.65. The van der Waals surface area contributed by atoms with Gasteiger partial charge in [0.05, 0.1) is 6.04 Å². The van der Waals surface area contributed by atoms with Gasteiger partial charge in [-0.25, -0.2) is 0 Å². The van der Waals surface area contributed by atoms with Crippen LogP contribution in [0.1, 0.15) is 45.7 Å². The van der Waals surface area contributed by atoms with Crippen LogP contribution in [-0.4, -0.2) is 0 Å². The molecule has 0 bridgehead atoms. The van der Waals surface area contributed by atoms with Crippen LogP contribution in [0.2, 0.25) is 0 Å². The monoisotopic (exact) mass is 259 g/mol. The van der Waals surface area contributed by atoms with Gasteiger partial charge in [-0.2, -0.15) is 0 Å². The largest absolute Gasteiger partial charge is 0.320 e. The molecular formula is C16H21NS. The first-order chi connectivity index (χ1) is 8.54. The average Bonchev–Trinajstić information content (AvgIpc) is 2.81. The summed E-state index contributed by atoms with van der Waals surface area (Å²) in [7, 11) is 0. The molecule has 1 unspecified atom stereocenters. The third-order valence-corrected chi connectivity index (χ3v) is 4.70. The van der Waals surface area contributed by atoms with Crippen molar-refractivity contribution >= 4 is 11.3 Å². The Kier molecular flexibility index (Phi) is 3.88.